The van der Waals surface area contributed by atoms with E-state index in [0.717, 1.165) is 5.69 Å². The predicted molar refractivity (Wildman–Crippen MR) is 105 cm³/mol. The summed E-state index contributed by atoms with van der Waals surface area (Å²) in [5, 5.41) is 10.1. The lowest BCUT2D eigenvalue weighted by Gasteiger charge is -2.28. The molecule has 2 heterocycles. The average Bonchev–Trinajstić information content (AvgIpc) is 2.60. The van der Waals surface area contributed by atoms with Gasteiger partial charge >= 0.3 is 0 Å². The Balaban J connectivity index is 2.26. The molecule has 1 atom stereocenters. The van der Waals surface area contributed by atoms with Gasteiger partial charge in [0.15, 0.2) is 0 Å². The van der Waals surface area contributed by atoms with Crippen LogP contribution >= 0.6 is 11.6 Å². The summed E-state index contributed by atoms with van der Waals surface area (Å²) in [6.45, 7) is 3.09. The number of likely N-dealkylation sites (N-methyl/N-ethyl adjacent to an activating group) is 1. The highest BCUT2D eigenvalue weighted by Crippen LogP contribution is 2.42. The summed E-state index contributed by atoms with van der Waals surface area (Å²) in [5.74, 6) is -0.286. The molecule has 1 unspecified atom stereocenters. The van der Waals surface area contributed by atoms with Gasteiger partial charge in [-0.1, -0.05) is 29.8 Å². The number of allylic oxidation sites excluding steroid dienone is 1. The van der Waals surface area contributed by atoms with E-state index in [-0.39, 0.29) is 17.0 Å². The first-order valence-corrected chi connectivity index (χ1v) is 8.94. The summed E-state index contributed by atoms with van der Waals surface area (Å²) in [4.78, 5) is 15.4. The molecule has 6 nitrogen and oxygen atoms in total. The molecular weight excluding hydrogens is 364 g/mol. The third kappa shape index (κ3) is 3.44. The van der Waals surface area contributed by atoms with E-state index in [1.807, 2.05) is 32.0 Å². The Morgan fingerprint density at radius 2 is 2.07 bits per heavy atom. The lowest BCUT2D eigenvalue weighted by molar-refractivity contribution is 0.369. The maximum Gasteiger partial charge on any atom is 0.258 e. The number of rotatable bonds is 4. The number of nitriles is 1. The number of hydrogen-bond donors (Lipinski definition) is 1. The van der Waals surface area contributed by atoms with Gasteiger partial charge in [0.05, 0.1) is 11.5 Å². The molecule has 1 aromatic carbocycles. The van der Waals surface area contributed by atoms with E-state index in [9.17, 15) is 10.1 Å². The molecule has 1 aliphatic heterocycles. The van der Waals surface area contributed by atoms with Gasteiger partial charge in [0.1, 0.15) is 17.4 Å². The number of fused-ring (bicyclic) bond motifs is 1. The van der Waals surface area contributed by atoms with Gasteiger partial charge in [0.2, 0.25) is 5.88 Å². The molecule has 0 spiro atoms. The molecule has 0 bridgehead atoms. The molecule has 0 aliphatic carbocycles. The van der Waals surface area contributed by atoms with Gasteiger partial charge in [0, 0.05) is 29.9 Å². The number of ether oxygens (including phenoxy) is 1. The highest BCUT2D eigenvalue weighted by Gasteiger charge is 2.35. The molecule has 0 radical (unpaired) electrons. The van der Waals surface area contributed by atoms with Crippen molar-refractivity contribution >= 4 is 11.6 Å². The number of hydrogen-bond acceptors (Lipinski definition) is 5. The zero-order chi connectivity index (χ0) is 19.7. The van der Waals surface area contributed by atoms with Crippen molar-refractivity contribution < 1.29 is 4.74 Å². The minimum atomic E-state index is -0.661. The van der Waals surface area contributed by atoms with E-state index in [1.165, 1.54) is 0 Å². The second-order valence-corrected chi connectivity index (χ2v) is 7.18. The molecule has 3 rings (SSSR count). The largest absolute Gasteiger partial charge is 0.440 e. The van der Waals surface area contributed by atoms with Crippen molar-refractivity contribution in [3.05, 3.63) is 74.0 Å². The lowest BCUT2D eigenvalue weighted by Crippen LogP contribution is -2.34. The molecule has 0 fully saturated rings. The number of aromatic nitrogens is 1. The van der Waals surface area contributed by atoms with Gasteiger partial charge in [-0.3, -0.25) is 4.79 Å². The summed E-state index contributed by atoms with van der Waals surface area (Å²) >= 11 is 6.39. The van der Waals surface area contributed by atoms with Gasteiger partial charge in [-0.15, -0.1) is 0 Å². The van der Waals surface area contributed by atoms with Gasteiger partial charge in [-0.25, -0.2) is 0 Å². The minimum absolute atomic E-state index is 0.000221. The van der Waals surface area contributed by atoms with Crippen LogP contribution in [0.25, 0.3) is 0 Å². The monoisotopic (exact) mass is 384 g/mol. The van der Waals surface area contributed by atoms with Crippen molar-refractivity contribution in [3.63, 3.8) is 0 Å². The van der Waals surface area contributed by atoms with Gasteiger partial charge in [0.25, 0.3) is 5.56 Å². The van der Waals surface area contributed by atoms with Crippen molar-refractivity contribution in [2.24, 2.45) is 5.73 Å². The van der Waals surface area contributed by atoms with Crippen LogP contribution in [0.1, 0.15) is 22.7 Å². The summed E-state index contributed by atoms with van der Waals surface area (Å²) in [7, 11) is 3.90. The molecule has 0 saturated carbocycles. The zero-order valence-corrected chi connectivity index (χ0v) is 16.2. The summed E-state index contributed by atoms with van der Waals surface area (Å²) in [6.07, 6.45) is 0. The highest BCUT2D eigenvalue weighted by atomic mass is 35.5. The van der Waals surface area contributed by atoms with E-state index >= 15 is 0 Å². The fourth-order valence-corrected chi connectivity index (χ4v) is 3.53. The van der Waals surface area contributed by atoms with E-state index < -0.39 is 5.92 Å². The Morgan fingerprint density at radius 3 is 2.70 bits per heavy atom. The Hall–Kier alpha value is -2.75. The van der Waals surface area contributed by atoms with Crippen LogP contribution in [0.3, 0.4) is 0 Å². The van der Waals surface area contributed by atoms with Crippen molar-refractivity contribution in [1.82, 2.24) is 9.47 Å². The highest BCUT2D eigenvalue weighted by molar-refractivity contribution is 6.31. The molecule has 1 aliphatic rings. The van der Waals surface area contributed by atoms with E-state index in [1.54, 1.807) is 28.8 Å². The maximum absolute atomic E-state index is 13.4. The van der Waals surface area contributed by atoms with Crippen LogP contribution in [0.5, 0.6) is 5.75 Å². The standard InChI is InChI=1S/C20H21ClN4O2/c1-12-10-16-18(20(26)25(12)9-8-24(2)3)17(14(11-22)19(23)27-16)13-6-4-5-7-15(13)21/h4-7,10,17H,8-9,23H2,1-3H3. The molecule has 7 heteroatoms. The predicted octanol–water partition coefficient (Wildman–Crippen LogP) is 2.59. The summed E-state index contributed by atoms with van der Waals surface area (Å²) in [5.41, 5.74) is 7.80. The van der Waals surface area contributed by atoms with Crippen molar-refractivity contribution in [2.75, 3.05) is 20.6 Å². The second kappa shape index (κ2) is 7.47. The number of halogens is 1. The molecule has 27 heavy (non-hydrogen) atoms. The van der Waals surface area contributed by atoms with Gasteiger partial charge < -0.3 is 19.9 Å². The van der Waals surface area contributed by atoms with E-state index in [2.05, 4.69) is 6.07 Å². The quantitative estimate of drug-likeness (QED) is 0.875. The molecule has 0 saturated heterocycles. The third-order valence-electron chi connectivity index (χ3n) is 4.68. The Bertz CT molecular complexity index is 1020. The van der Waals surface area contributed by atoms with Crippen LogP contribution in [-0.2, 0) is 6.54 Å². The summed E-state index contributed by atoms with van der Waals surface area (Å²) < 4.78 is 7.33. The topological polar surface area (TPSA) is 84.3 Å². The third-order valence-corrected chi connectivity index (χ3v) is 5.02. The van der Waals surface area contributed by atoms with Crippen LogP contribution in [-0.4, -0.2) is 30.1 Å². The van der Waals surface area contributed by atoms with Crippen LogP contribution in [0.2, 0.25) is 5.02 Å². The van der Waals surface area contributed by atoms with Crippen LogP contribution < -0.4 is 16.0 Å². The van der Waals surface area contributed by atoms with E-state index in [0.29, 0.717) is 35.0 Å². The fourth-order valence-electron chi connectivity index (χ4n) is 3.28. The first kappa shape index (κ1) is 19.0. The van der Waals surface area contributed by atoms with Gasteiger partial charge in [-0.2, -0.15) is 5.26 Å². The van der Waals surface area contributed by atoms with Crippen LogP contribution in [0.15, 0.2) is 46.6 Å². The normalized spacial score (nSPS) is 16.1. The molecule has 1 aromatic heterocycles. The average molecular weight is 385 g/mol. The first-order chi connectivity index (χ1) is 12.8. The Labute approximate surface area is 163 Å². The number of benzene rings is 1. The molecule has 2 aromatic rings. The van der Waals surface area contributed by atoms with Crippen molar-refractivity contribution in [1.29, 1.82) is 5.26 Å². The van der Waals surface area contributed by atoms with Crippen LogP contribution in [0.4, 0.5) is 0 Å². The smallest absolute Gasteiger partial charge is 0.258 e. The minimum Gasteiger partial charge on any atom is -0.440 e. The number of nitrogens with zero attached hydrogens (tertiary/aromatic N) is 3. The number of pyridine rings is 1. The van der Waals surface area contributed by atoms with Gasteiger partial charge in [-0.05, 0) is 32.6 Å². The Kier molecular flexibility index (Phi) is 5.26. The second-order valence-electron chi connectivity index (χ2n) is 6.77. The van der Waals surface area contributed by atoms with Crippen molar-refractivity contribution in [3.8, 4) is 11.8 Å². The summed E-state index contributed by atoms with van der Waals surface area (Å²) in [6, 6.07) is 11.0. The van der Waals surface area contributed by atoms with E-state index in [4.69, 9.17) is 22.1 Å². The SMILES string of the molecule is Cc1cc2c(c(=O)n1CCN(C)C)C(c1ccccc1Cl)C(C#N)=C(N)O2. The maximum atomic E-state index is 13.4. The lowest BCUT2D eigenvalue weighted by atomic mass is 9.84. The Morgan fingerprint density at radius 1 is 1.37 bits per heavy atom. The zero-order valence-electron chi connectivity index (χ0n) is 15.5. The van der Waals surface area contributed by atoms with Crippen LogP contribution in [0, 0.1) is 18.3 Å². The van der Waals surface area contributed by atoms with Crippen molar-refractivity contribution in [2.45, 2.75) is 19.4 Å². The molecular formula is C20H21ClN4O2. The fraction of sp³-hybridized carbons (Fsp3) is 0.300. The number of aryl methyl sites for hydroxylation is 1. The molecule has 0 amide bonds. The molecule has 2 N–H and O–H groups in total. The number of nitrogens with two attached hydrogens (primary N) is 1. The molecule has 140 valence electrons. The first-order valence-electron chi connectivity index (χ1n) is 8.56.